The third-order valence-corrected chi connectivity index (χ3v) is 4.78. The third-order valence-electron chi connectivity index (χ3n) is 4.78. The molecule has 1 saturated heterocycles. The molecule has 1 fully saturated rings. The van der Waals surface area contributed by atoms with Crippen LogP contribution in [0.15, 0.2) is 48.5 Å². The van der Waals surface area contributed by atoms with Gasteiger partial charge in [0.1, 0.15) is 5.75 Å². The molecule has 0 aliphatic carbocycles. The number of anilines is 1. The zero-order chi connectivity index (χ0) is 18.2. The Morgan fingerprint density at radius 2 is 1.88 bits per heavy atom. The Bertz CT molecular complexity index is 724. The molecule has 0 saturated carbocycles. The van der Waals surface area contributed by atoms with Crippen LogP contribution in [0, 0.1) is 0 Å². The lowest BCUT2D eigenvalue weighted by molar-refractivity contribution is -0.118. The number of rotatable bonds is 7. The molecule has 1 aliphatic rings. The number of para-hydroxylation sites is 1. The van der Waals surface area contributed by atoms with Gasteiger partial charge in [-0.2, -0.15) is 0 Å². The van der Waals surface area contributed by atoms with Gasteiger partial charge >= 0.3 is 0 Å². The van der Waals surface area contributed by atoms with Crippen LogP contribution in [0.25, 0.3) is 0 Å². The van der Waals surface area contributed by atoms with E-state index in [1.165, 1.54) is 37.9 Å². The minimum absolute atomic E-state index is 0.0212. The standard InChI is InChI=1S/C22H28N2O2/c1-2-19-10-4-5-12-21(19)26-17-22(25)23-20-11-8-9-18(15-20)16-24-13-6-3-7-14-24/h4-5,8-12,15H,2-3,6-7,13-14,16-17H2,1H3,(H,23,25). The highest BCUT2D eigenvalue weighted by molar-refractivity contribution is 5.91. The van der Waals surface area contributed by atoms with Crippen molar-refractivity contribution in [2.24, 2.45) is 0 Å². The molecule has 0 atom stereocenters. The molecule has 0 unspecified atom stereocenters. The summed E-state index contributed by atoms with van der Waals surface area (Å²) in [6.45, 7) is 5.39. The van der Waals surface area contributed by atoms with E-state index in [4.69, 9.17) is 4.74 Å². The van der Waals surface area contributed by atoms with Crippen LogP contribution >= 0.6 is 0 Å². The molecule has 2 aromatic rings. The number of carbonyl (C=O) groups is 1. The minimum atomic E-state index is -0.133. The number of nitrogens with one attached hydrogen (secondary N) is 1. The van der Waals surface area contributed by atoms with E-state index < -0.39 is 0 Å². The van der Waals surface area contributed by atoms with Gasteiger partial charge in [0, 0.05) is 12.2 Å². The summed E-state index contributed by atoms with van der Waals surface area (Å²) in [6, 6.07) is 16.0. The van der Waals surface area contributed by atoms with E-state index in [1.807, 2.05) is 36.4 Å². The van der Waals surface area contributed by atoms with Crippen LogP contribution in [0.4, 0.5) is 5.69 Å². The molecular formula is C22H28N2O2. The molecule has 3 rings (SSSR count). The average Bonchev–Trinajstić information content (AvgIpc) is 2.67. The van der Waals surface area contributed by atoms with Gasteiger partial charge in [-0.1, -0.05) is 43.7 Å². The lowest BCUT2D eigenvalue weighted by atomic mass is 10.1. The number of ether oxygens (including phenoxy) is 1. The summed E-state index contributed by atoms with van der Waals surface area (Å²) in [5.74, 6) is 0.648. The highest BCUT2D eigenvalue weighted by atomic mass is 16.5. The van der Waals surface area contributed by atoms with Crippen LogP contribution in [0.3, 0.4) is 0 Å². The molecule has 4 heteroatoms. The van der Waals surface area contributed by atoms with Crippen LogP contribution in [0.2, 0.25) is 0 Å². The largest absolute Gasteiger partial charge is 0.483 e. The first-order valence-corrected chi connectivity index (χ1v) is 9.56. The molecular weight excluding hydrogens is 324 g/mol. The lowest BCUT2D eigenvalue weighted by Crippen LogP contribution is -2.29. The predicted molar refractivity (Wildman–Crippen MR) is 106 cm³/mol. The van der Waals surface area contributed by atoms with E-state index in [0.717, 1.165) is 30.0 Å². The fraction of sp³-hybridized carbons (Fsp3) is 0.409. The molecule has 1 N–H and O–H groups in total. The number of likely N-dealkylation sites (tertiary alicyclic amines) is 1. The van der Waals surface area contributed by atoms with Crippen molar-refractivity contribution in [3.63, 3.8) is 0 Å². The zero-order valence-electron chi connectivity index (χ0n) is 15.5. The van der Waals surface area contributed by atoms with Crippen molar-refractivity contribution in [1.82, 2.24) is 4.90 Å². The third kappa shape index (κ3) is 5.33. The number of benzene rings is 2. The Kier molecular flexibility index (Phi) is 6.67. The highest BCUT2D eigenvalue weighted by Crippen LogP contribution is 2.19. The van der Waals surface area contributed by atoms with E-state index >= 15 is 0 Å². The normalized spacial score (nSPS) is 14.8. The summed E-state index contributed by atoms with van der Waals surface area (Å²) in [5, 5.41) is 2.94. The number of aryl methyl sites for hydroxylation is 1. The Labute approximate surface area is 156 Å². The molecule has 0 bridgehead atoms. The molecule has 138 valence electrons. The Balaban J connectivity index is 1.53. The Morgan fingerprint density at radius 3 is 2.69 bits per heavy atom. The van der Waals surface area contributed by atoms with Crippen LogP contribution in [-0.4, -0.2) is 30.5 Å². The summed E-state index contributed by atoms with van der Waals surface area (Å²) in [7, 11) is 0. The summed E-state index contributed by atoms with van der Waals surface area (Å²) >= 11 is 0. The van der Waals surface area contributed by atoms with E-state index in [0.29, 0.717) is 0 Å². The second kappa shape index (κ2) is 9.39. The van der Waals surface area contributed by atoms with E-state index in [9.17, 15) is 4.79 Å². The van der Waals surface area contributed by atoms with Crippen molar-refractivity contribution < 1.29 is 9.53 Å². The second-order valence-electron chi connectivity index (χ2n) is 6.84. The number of nitrogens with zero attached hydrogens (tertiary/aromatic N) is 1. The highest BCUT2D eigenvalue weighted by Gasteiger charge is 2.11. The molecule has 0 spiro atoms. The number of hydrogen-bond donors (Lipinski definition) is 1. The first-order chi connectivity index (χ1) is 12.7. The monoisotopic (exact) mass is 352 g/mol. The SMILES string of the molecule is CCc1ccccc1OCC(=O)Nc1cccc(CN2CCCCC2)c1. The van der Waals surface area contributed by atoms with Crippen LogP contribution < -0.4 is 10.1 Å². The van der Waals surface area contributed by atoms with Gasteiger partial charge in [0.15, 0.2) is 6.61 Å². The molecule has 0 radical (unpaired) electrons. The lowest BCUT2D eigenvalue weighted by Gasteiger charge is -2.26. The summed E-state index contributed by atoms with van der Waals surface area (Å²) in [4.78, 5) is 14.7. The van der Waals surface area contributed by atoms with Gasteiger partial charge in [-0.05, 0) is 61.7 Å². The number of hydrogen-bond acceptors (Lipinski definition) is 3. The zero-order valence-corrected chi connectivity index (χ0v) is 15.5. The van der Waals surface area contributed by atoms with Crippen LogP contribution in [0.5, 0.6) is 5.75 Å². The van der Waals surface area contributed by atoms with Gasteiger partial charge in [0.2, 0.25) is 0 Å². The Hall–Kier alpha value is -2.33. The van der Waals surface area contributed by atoms with Gasteiger partial charge in [0.05, 0.1) is 0 Å². The van der Waals surface area contributed by atoms with Crippen molar-refractivity contribution in [2.75, 3.05) is 25.0 Å². The predicted octanol–water partition coefficient (Wildman–Crippen LogP) is 4.25. The summed E-state index contributed by atoms with van der Waals surface area (Å²) in [6.07, 6.45) is 4.80. The minimum Gasteiger partial charge on any atom is -0.483 e. The van der Waals surface area contributed by atoms with E-state index in [1.54, 1.807) is 0 Å². The van der Waals surface area contributed by atoms with Gasteiger partial charge in [-0.15, -0.1) is 0 Å². The maximum Gasteiger partial charge on any atom is 0.262 e. The molecule has 1 amide bonds. The average molecular weight is 352 g/mol. The van der Waals surface area contributed by atoms with E-state index in [-0.39, 0.29) is 12.5 Å². The maximum atomic E-state index is 12.2. The molecule has 0 aromatic heterocycles. The van der Waals surface area contributed by atoms with Gasteiger partial charge in [-0.3, -0.25) is 9.69 Å². The smallest absolute Gasteiger partial charge is 0.262 e. The molecule has 1 aliphatic heterocycles. The van der Waals surface area contributed by atoms with Crippen LogP contribution in [0.1, 0.15) is 37.3 Å². The van der Waals surface area contributed by atoms with Crippen molar-refractivity contribution in [3.8, 4) is 5.75 Å². The fourth-order valence-electron chi connectivity index (χ4n) is 3.40. The molecule has 26 heavy (non-hydrogen) atoms. The van der Waals surface area contributed by atoms with Crippen molar-refractivity contribution >= 4 is 11.6 Å². The number of carbonyl (C=O) groups excluding carboxylic acids is 1. The van der Waals surface area contributed by atoms with E-state index in [2.05, 4.69) is 29.3 Å². The van der Waals surface area contributed by atoms with Gasteiger partial charge in [-0.25, -0.2) is 0 Å². The molecule has 1 heterocycles. The number of piperidine rings is 1. The van der Waals surface area contributed by atoms with Crippen molar-refractivity contribution in [2.45, 2.75) is 39.2 Å². The molecule has 4 nitrogen and oxygen atoms in total. The first-order valence-electron chi connectivity index (χ1n) is 9.56. The molecule has 2 aromatic carbocycles. The van der Waals surface area contributed by atoms with Gasteiger partial charge < -0.3 is 10.1 Å². The summed E-state index contributed by atoms with van der Waals surface area (Å²) in [5.41, 5.74) is 3.18. The second-order valence-corrected chi connectivity index (χ2v) is 6.84. The first kappa shape index (κ1) is 18.5. The Morgan fingerprint density at radius 1 is 1.08 bits per heavy atom. The van der Waals surface area contributed by atoms with Crippen LogP contribution in [-0.2, 0) is 17.8 Å². The number of amides is 1. The maximum absolute atomic E-state index is 12.2. The van der Waals surface area contributed by atoms with Crippen molar-refractivity contribution in [3.05, 3.63) is 59.7 Å². The van der Waals surface area contributed by atoms with Gasteiger partial charge in [0.25, 0.3) is 5.91 Å². The summed E-state index contributed by atoms with van der Waals surface area (Å²) < 4.78 is 5.69. The van der Waals surface area contributed by atoms with Crippen molar-refractivity contribution in [1.29, 1.82) is 0 Å². The topological polar surface area (TPSA) is 41.6 Å². The fourth-order valence-corrected chi connectivity index (χ4v) is 3.40. The quantitative estimate of drug-likeness (QED) is 0.810.